The first-order chi connectivity index (χ1) is 9.09. The molecule has 0 bridgehead atoms. The zero-order valence-electron chi connectivity index (χ0n) is 11.1. The fourth-order valence-electron chi connectivity index (χ4n) is 2.49. The van der Waals surface area contributed by atoms with Gasteiger partial charge in [-0.25, -0.2) is 8.78 Å². The van der Waals surface area contributed by atoms with Gasteiger partial charge in [0, 0.05) is 37.4 Å². The summed E-state index contributed by atoms with van der Waals surface area (Å²) in [6.45, 7) is 2.00. The molecule has 0 aromatic heterocycles. The number of hydrogen-bond acceptors (Lipinski definition) is 3. The summed E-state index contributed by atoms with van der Waals surface area (Å²) in [5.41, 5.74) is 6.23. The molecule has 0 aliphatic carbocycles. The van der Waals surface area contributed by atoms with Crippen LogP contribution in [0.15, 0.2) is 18.2 Å². The van der Waals surface area contributed by atoms with Gasteiger partial charge in [-0.15, -0.1) is 0 Å². The number of likely N-dealkylation sites (N-methyl/N-ethyl adjacent to an activating group) is 1. The third kappa shape index (κ3) is 3.49. The van der Waals surface area contributed by atoms with Crippen molar-refractivity contribution < 1.29 is 13.5 Å². The van der Waals surface area contributed by atoms with Crippen LogP contribution in [0.3, 0.4) is 0 Å². The number of nitrogens with zero attached hydrogens (tertiary/aromatic N) is 1. The number of benzene rings is 1. The fourth-order valence-corrected chi connectivity index (χ4v) is 2.49. The number of halogens is 2. The normalized spacial score (nSPS) is 18.8. The Bertz CT molecular complexity index is 422. The molecule has 1 unspecified atom stereocenters. The van der Waals surface area contributed by atoms with Gasteiger partial charge in [-0.1, -0.05) is 12.1 Å². The molecule has 106 valence electrons. The molecule has 0 amide bonds. The van der Waals surface area contributed by atoms with Gasteiger partial charge in [0.25, 0.3) is 0 Å². The molecule has 0 saturated carbocycles. The van der Waals surface area contributed by atoms with Crippen LogP contribution in [0, 0.1) is 11.6 Å². The van der Waals surface area contributed by atoms with Crippen molar-refractivity contribution in [2.24, 2.45) is 5.73 Å². The highest BCUT2D eigenvalue weighted by Crippen LogP contribution is 2.20. The first-order valence-corrected chi connectivity index (χ1v) is 6.57. The molecule has 2 rings (SSSR count). The van der Waals surface area contributed by atoms with Crippen molar-refractivity contribution in [1.82, 2.24) is 4.90 Å². The summed E-state index contributed by atoms with van der Waals surface area (Å²) in [7, 11) is 1.97. The molecule has 1 aliphatic heterocycles. The summed E-state index contributed by atoms with van der Waals surface area (Å²) in [5.74, 6) is -1.68. The zero-order valence-corrected chi connectivity index (χ0v) is 11.1. The van der Waals surface area contributed by atoms with Crippen LogP contribution in [0.2, 0.25) is 0 Å². The SMILES string of the molecule is CN(CC(N)c1cccc(F)c1F)C1CCOCC1. The van der Waals surface area contributed by atoms with Gasteiger partial charge in [0.2, 0.25) is 0 Å². The van der Waals surface area contributed by atoms with Crippen LogP contribution in [0.5, 0.6) is 0 Å². The van der Waals surface area contributed by atoms with E-state index in [1.165, 1.54) is 6.07 Å². The van der Waals surface area contributed by atoms with Gasteiger partial charge in [0.15, 0.2) is 11.6 Å². The Labute approximate surface area is 112 Å². The van der Waals surface area contributed by atoms with Crippen molar-refractivity contribution in [2.45, 2.75) is 24.9 Å². The van der Waals surface area contributed by atoms with Crippen molar-refractivity contribution in [3.63, 3.8) is 0 Å². The van der Waals surface area contributed by atoms with Crippen molar-refractivity contribution in [2.75, 3.05) is 26.8 Å². The Morgan fingerprint density at radius 3 is 2.74 bits per heavy atom. The van der Waals surface area contributed by atoms with Gasteiger partial charge in [0.1, 0.15) is 0 Å². The second kappa shape index (κ2) is 6.41. The monoisotopic (exact) mass is 270 g/mol. The fraction of sp³-hybridized carbons (Fsp3) is 0.571. The maximum atomic E-state index is 13.7. The van der Waals surface area contributed by atoms with Gasteiger partial charge in [0.05, 0.1) is 0 Å². The summed E-state index contributed by atoms with van der Waals surface area (Å²) in [6.07, 6.45) is 1.91. The standard InChI is InChI=1S/C14H20F2N2O/c1-18(10-5-7-19-8-6-10)9-13(17)11-3-2-4-12(15)14(11)16/h2-4,10,13H,5-9,17H2,1H3. The molecule has 0 radical (unpaired) electrons. The molecule has 1 aromatic rings. The molecule has 1 atom stereocenters. The third-order valence-electron chi connectivity index (χ3n) is 3.68. The third-order valence-corrected chi connectivity index (χ3v) is 3.68. The van der Waals surface area contributed by atoms with Crippen molar-refractivity contribution in [3.8, 4) is 0 Å². The zero-order chi connectivity index (χ0) is 13.8. The van der Waals surface area contributed by atoms with Gasteiger partial charge < -0.3 is 15.4 Å². The topological polar surface area (TPSA) is 38.5 Å². The van der Waals surface area contributed by atoms with E-state index in [1.807, 2.05) is 7.05 Å². The van der Waals surface area contributed by atoms with Gasteiger partial charge in [-0.05, 0) is 26.0 Å². The van der Waals surface area contributed by atoms with Crippen molar-refractivity contribution in [3.05, 3.63) is 35.4 Å². The first kappa shape index (κ1) is 14.4. The number of nitrogens with two attached hydrogens (primary N) is 1. The van der Waals surface area contributed by atoms with Crippen LogP contribution in [0.4, 0.5) is 8.78 Å². The minimum atomic E-state index is -0.846. The molecule has 19 heavy (non-hydrogen) atoms. The van der Waals surface area contributed by atoms with Gasteiger partial charge in [-0.2, -0.15) is 0 Å². The summed E-state index contributed by atoms with van der Waals surface area (Å²) in [6, 6.07) is 4.01. The molecular formula is C14H20F2N2O. The summed E-state index contributed by atoms with van der Waals surface area (Å²) < 4.78 is 32.1. The largest absolute Gasteiger partial charge is 0.381 e. The lowest BCUT2D eigenvalue weighted by atomic mass is 10.0. The van der Waals surface area contributed by atoms with E-state index in [1.54, 1.807) is 6.07 Å². The Hall–Kier alpha value is -1.04. The van der Waals surface area contributed by atoms with Crippen LogP contribution in [0.1, 0.15) is 24.4 Å². The maximum absolute atomic E-state index is 13.7. The van der Waals surface area contributed by atoms with E-state index in [9.17, 15) is 8.78 Å². The summed E-state index contributed by atoms with van der Waals surface area (Å²) in [5, 5.41) is 0. The van der Waals surface area contributed by atoms with Crippen LogP contribution in [-0.4, -0.2) is 37.7 Å². The average molecular weight is 270 g/mol. The molecular weight excluding hydrogens is 250 g/mol. The molecule has 1 heterocycles. The molecule has 2 N–H and O–H groups in total. The van der Waals surface area contributed by atoms with E-state index in [0.717, 1.165) is 32.1 Å². The molecule has 1 aromatic carbocycles. The van der Waals surface area contributed by atoms with E-state index in [4.69, 9.17) is 10.5 Å². The molecule has 3 nitrogen and oxygen atoms in total. The van der Waals surface area contributed by atoms with Crippen molar-refractivity contribution in [1.29, 1.82) is 0 Å². The minimum Gasteiger partial charge on any atom is -0.381 e. The van der Waals surface area contributed by atoms with Crippen LogP contribution in [-0.2, 0) is 4.74 Å². The molecule has 0 spiro atoms. The second-order valence-corrected chi connectivity index (χ2v) is 5.03. The second-order valence-electron chi connectivity index (χ2n) is 5.03. The number of rotatable bonds is 4. The van der Waals surface area contributed by atoms with E-state index in [2.05, 4.69) is 4.90 Å². The Kier molecular flexibility index (Phi) is 4.85. The smallest absolute Gasteiger partial charge is 0.163 e. The quantitative estimate of drug-likeness (QED) is 0.910. The maximum Gasteiger partial charge on any atom is 0.163 e. The first-order valence-electron chi connectivity index (χ1n) is 6.57. The lowest BCUT2D eigenvalue weighted by molar-refractivity contribution is 0.0412. The van der Waals surface area contributed by atoms with Crippen LogP contribution < -0.4 is 5.73 Å². The number of ether oxygens (including phenoxy) is 1. The van der Waals surface area contributed by atoms with Crippen LogP contribution >= 0.6 is 0 Å². The van der Waals surface area contributed by atoms with Gasteiger partial charge >= 0.3 is 0 Å². The Balaban J connectivity index is 1.99. The Morgan fingerprint density at radius 1 is 1.37 bits per heavy atom. The average Bonchev–Trinajstić information content (AvgIpc) is 2.42. The summed E-state index contributed by atoms with van der Waals surface area (Å²) >= 11 is 0. The van der Waals surface area contributed by atoms with E-state index in [-0.39, 0.29) is 5.56 Å². The molecule has 1 fully saturated rings. The van der Waals surface area contributed by atoms with E-state index >= 15 is 0 Å². The highest BCUT2D eigenvalue weighted by molar-refractivity contribution is 5.22. The van der Waals surface area contributed by atoms with Gasteiger partial charge in [-0.3, -0.25) is 0 Å². The number of hydrogen-bond donors (Lipinski definition) is 1. The highest BCUT2D eigenvalue weighted by atomic mass is 19.2. The minimum absolute atomic E-state index is 0.235. The predicted molar refractivity (Wildman–Crippen MR) is 69.8 cm³/mol. The molecule has 1 aliphatic rings. The molecule has 1 saturated heterocycles. The van der Waals surface area contributed by atoms with E-state index < -0.39 is 17.7 Å². The van der Waals surface area contributed by atoms with E-state index in [0.29, 0.717) is 12.6 Å². The predicted octanol–water partition coefficient (Wildman–Crippen LogP) is 2.08. The lowest BCUT2D eigenvalue weighted by Crippen LogP contribution is -2.40. The summed E-state index contributed by atoms with van der Waals surface area (Å²) in [4.78, 5) is 2.11. The highest BCUT2D eigenvalue weighted by Gasteiger charge is 2.22. The Morgan fingerprint density at radius 2 is 2.05 bits per heavy atom. The molecule has 5 heteroatoms. The van der Waals surface area contributed by atoms with Crippen molar-refractivity contribution >= 4 is 0 Å². The van der Waals surface area contributed by atoms with Crippen LogP contribution in [0.25, 0.3) is 0 Å². The lowest BCUT2D eigenvalue weighted by Gasteiger charge is -2.32.